The molecule has 1 aliphatic rings. The van der Waals surface area contributed by atoms with E-state index in [0.717, 1.165) is 30.5 Å². The van der Waals surface area contributed by atoms with Crippen LogP contribution in [0.3, 0.4) is 0 Å². The summed E-state index contributed by atoms with van der Waals surface area (Å²) < 4.78 is 55.3. The second-order valence-electron chi connectivity index (χ2n) is 5.89. The standard InChI is InChI=1S/C20H16F4/c1-2-3-12-4-6-13(7-5-12)19(23)20(24)16-8-14-10-17(21)18(22)11-15(14)9-16/h4-8,10-11H,2-3,9H2,1H3. The lowest BCUT2D eigenvalue weighted by Gasteiger charge is -2.05. The minimum atomic E-state index is -0.998. The average Bonchev–Trinajstić information content (AvgIpc) is 2.97. The van der Waals surface area contributed by atoms with E-state index in [1.54, 1.807) is 24.3 Å². The molecule has 0 fully saturated rings. The van der Waals surface area contributed by atoms with Crippen molar-refractivity contribution in [1.29, 1.82) is 0 Å². The molecule has 0 heterocycles. The van der Waals surface area contributed by atoms with Crippen LogP contribution in [0.15, 0.2) is 47.8 Å². The monoisotopic (exact) mass is 332 g/mol. The predicted octanol–water partition coefficient (Wildman–Crippen LogP) is 6.16. The van der Waals surface area contributed by atoms with Crippen molar-refractivity contribution in [1.82, 2.24) is 0 Å². The third-order valence-electron chi connectivity index (χ3n) is 4.11. The molecule has 1 aliphatic carbocycles. The maximum Gasteiger partial charge on any atom is 0.166 e. The number of hydrogen-bond acceptors (Lipinski definition) is 0. The van der Waals surface area contributed by atoms with Crippen LogP contribution in [0.5, 0.6) is 0 Å². The van der Waals surface area contributed by atoms with Crippen LogP contribution in [0.1, 0.15) is 35.6 Å². The lowest BCUT2D eigenvalue weighted by molar-refractivity contribution is 0.507. The summed E-state index contributed by atoms with van der Waals surface area (Å²) in [4.78, 5) is 0. The molecule has 2 aromatic rings. The molecule has 24 heavy (non-hydrogen) atoms. The molecule has 0 atom stereocenters. The van der Waals surface area contributed by atoms with Gasteiger partial charge in [-0.15, -0.1) is 0 Å². The number of aryl methyl sites for hydroxylation is 1. The summed E-state index contributed by atoms with van der Waals surface area (Å²) in [6.45, 7) is 2.05. The summed E-state index contributed by atoms with van der Waals surface area (Å²) in [7, 11) is 0. The fraction of sp³-hybridized carbons (Fsp3) is 0.200. The van der Waals surface area contributed by atoms with E-state index in [2.05, 4.69) is 0 Å². The van der Waals surface area contributed by atoms with Crippen molar-refractivity contribution in [3.63, 3.8) is 0 Å². The first-order chi connectivity index (χ1) is 11.5. The Morgan fingerprint density at radius 3 is 2.29 bits per heavy atom. The van der Waals surface area contributed by atoms with Gasteiger partial charge in [0.05, 0.1) is 0 Å². The summed E-state index contributed by atoms with van der Waals surface area (Å²) in [6.07, 6.45) is 3.26. The van der Waals surface area contributed by atoms with Gasteiger partial charge >= 0.3 is 0 Å². The Morgan fingerprint density at radius 1 is 0.958 bits per heavy atom. The molecule has 0 unspecified atom stereocenters. The molecule has 4 heteroatoms. The summed E-state index contributed by atoms with van der Waals surface area (Å²) in [5.41, 5.74) is 2.13. The number of benzene rings is 2. The van der Waals surface area contributed by atoms with Crippen LogP contribution in [0, 0.1) is 11.6 Å². The largest absolute Gasteiger partial charge is 0.204 e. The molecule has 2 aromatic carbocycles. The minimum Gasteiger partial charge on any atom is -0.204 e. The lowest BCUT2D eigenvalue weighted by atomic mass is 10.0. The molecule has 0 N–H and O–H groups in total. The average molecular weight is 332 g/mol. The fourth-order valence-corrected chi connectivity index (χ4v) is 2.85. The van der Waals surface area contributed by atoms with Gasteiger partial charge in [-0.1, -0.05) is 37.6 Å². The second-order valence-corrected chi connectivity index (χ2v) is 5.89. The van der Waals surface area contributed by atoms with Gasteiger partial charge < -0.3 is 0 Å². The smallest absolute Gasteiger partial charge is 0.166 e. The van der Waals surface area contributed by atoms with Crippen LogP contribution >= 0.6 is 0 Å². The molecule has 0 aromatic heterocycles. The van der Waals surface area contributed by atoms with E-state index in [4.69, 9.17) is 0 Å². The van der Waals surface area contributed by atoms with Gasteiger partial charge in [0.15, 0.2) is 23.3 Å². The highest BCUT2D eigenvalue weighted by molar-refractivity contribution is 5.74. The van der Waals surface area contributed by atoms with Gasteiger partial charge in [0, 0.05) is 12.0 Å². The highest BCUT2D eigenvalue weighted by Crippen LogP contribution is 2.35. The topological polar surface area (TPSA) is 0 Å². The zero-order chi connectivity index (χ0) is 17.3. The minimum absolute atomic E-state index is 0.0414. The normalized spacial score (nSPS) is 14.3. The summed E-state index contributed by atoms with van der Waals surface area (Å²) in [5, 5.41) is 0. The number of hydrogen-bond donors (Lipinski definition) is 0. The number of rotatable bonds is 4. The van der Waals surface area contributed by atoms with Crippen molar-refractivity contribution < 1.29 is 17.6 Å². The first-order valence-electron chi connectivity index (χ1n) is 7.83. The molecule has 0 spiro atoms. The van der Waals surface area contributed by atoms with E-state index in [0.29, 0.717) is 11.1 Å². The first kappa shape index (κ1) is 16.5. The molecule has 0 nitrogen and oxygen atoms in total. The fourth-order valence-electron chi connectivity index (χ4n) is 2.85. The van der Waals surface area contributed by atoms with E-state index in [-0.39, 0.29) is 17.6 Å². The Bertz CT molecular complexity index is 829. The van der Waals surface area contributed by atoms with E-state index in [1.165, 1.54) is 6.08 Å². The summed E-state index contributed by atoms with van der Waals surface area (Å²) >= 11 is 0. The quantitative estimate of drug-likeness (QED) is 0.588. The summed E-state index contributed by atoms with van der Waals surface area (Å²) in [5.74, 6) is -3.93. The molecular weight excluding hydrogens is 316 g/mol. The molecule has 3 rings (SSSR count). The van der Waals surface area contributed by atoms with Gasteiger partial charge in [-0.05, 0) is 46.9 Å². The number of allylic oxidation sites excluding steroid dienone is 2. The third-order valence-corrected chi connectivity index (χ3v) is 4.11. The van der Waals surface area contributed by atoms with Crippen molar-refractivity contribution in [3.05, 3.63) is 81.7 Å². The van der Waals surface area contributed by atoms with Crippen molar-refractivity contribution in [2.75, 3.05) is 0 Å². The van der Waals surface area contributed by atoms with E-state index in [9.17, 15) is 17.6 Å². The molecule has 0 radical (unpaired) electrons. The molecule has 0 amide bonds. The Morgan fingerprint density at radius 2 is 1.62 bits per heavy atom. The SMILES string of the molecule is CCCc1ccc(C(F)=C(F)C2=Cc3cc(F)c(F)cc3C2)cc1. The number of halogens is 4. The van der Waals surface area contributed by atoms with Gasteiger partial charge in [-0.2, -0.15) is 0 Å². The van der Waals surface area contributed by atoms with Crippen molar-refractivity contribution in [2.45, 2.75) is 26.2 Å². The van der Waals surface area contributed by atoms with Crippen LogP contribution in [-0.2, 0) is 12.8 Å². The Kier molecular flexibility index (Phi) is 4.56. The van der Waals surface area contributed by atoms with Gasteiger partial charge in [0.25, 0.3) is 0 Å². The van der Waals surface area contributed by atoms with E-state index in [1.807, 2.05) is 6.92 Å². The molecule has 0 saturated carbocycles. The van der Waals surface area contributed by atoms with Crippen LogP contribution in [0.4, 0.5) is 17.6 Å². The van der Waals surface area contributed by atoms with Crippen LogP contribution in [0.25, 0.3) is 11.9 Å². The molecular formula is C20H16F4. The highest BCUT2D eigenvalue weighted by Gasteiger charge is 2.22. The van der Waals surface area contributed by atoms with Crippen molar-refractivity contribution >= 4 is 11.9 Å². The molecule has 0 aliphatic heterocycles. The third kappa shape index (κ3) is 3.14. The van der Waals surface area contributed by atoms with E-state index < -0.39 is 23.3 Å². The molecule has 124 valence electrons. The van der Waals surface area contributed by atoms with E-state index >= 15 is 0 Å². The molecule has 0 bridgehead atoms. The molecule has 0 saturated heterocycles. The van der Waals surface area contributed by atoms with Crippen LogP contribution in [0.2, 0.25) is 0 Å². The van der Waals surface area contributed by atoms with Crippen molar-refractivity contribution in [2.24, 2.45) is 0 Å². The first-order valence-corrected chi connectivity index (χ1v) is 7.83. The lowest BCUT2D eigenvalue weighted by Crippen LogP contribution is -1.92. The zero-order valence-electron chi connectivity index (χ0n) is 13.2. The van der Waals surface area contributed by atoms with Crippen LogP contribution in [-0.4, -0.2) is 0 Å². The highest BCUT2D eigenvalue weighted by atomic mass is 19.2. The Hall–Kier alpha value is -2.36. The Balaban J connectivity index is 1.89. The van der Waals surface area contributed by atoms with Crippen molar-refractivity contribution in [3.8, 4) is 0 Å². The Labute approximate surface area is 138 Å². The maximum atomic E-state index is 14.5. The van der Waals surface area contributed by atoms with Gasteiger partial charge in [0.1, 0.15) is 0 Å². The maximum absolute atomic E-state index is 14.5. The predicted molar refractivity (Wildman–Crippen MR) is 87.6 cm³/mol. The van der Waals surface area contributed by atoms with Gasteiger partial charge in [0.2, 0.25) is 0 Å². The number of fused-ring (bicyclic) bond motifs is 1. The van der Waals surface area contributed by atoms with Gasteiger partial charge in [-0.25, -0.2) is 17.6 Å². The summed E-state index contributed by atoms with van der Waals surface area (Å²) in [6, 6.07) is 8.66. The zero-order valence-corrected chi connectivity index (χ0v) is 13.2. The second kappa shape index (κ2) is 6.63. The van der Waals surface area contributed by atoms with Crippen LogP contribution < -0.4 is 0 Å². The van der Waals surface area contributed by atoms with Gasteiger partial charge in [-0.3, -0.25) is 0 Å².